The minimum atomic E-state index is -1.02. The molecule has 1 aromatic heterocycles. The minimum absolute atomic E-state index is 0.149. The van der Waals surface area contributed by atoms with Crippen molar-refractivity contribution in [3.63, 3.8) is 0 Å². The van der Waals surface area contributed by atoms with Crippen LogP contribution in [0.5, 0.6) is 0 Å². The second-order valence-electron chi connectivity index (χ2n) is 3.50. The lowest BCUT2D eigenvalue weighted by Gasteiger charge is -2.03. The molecule has 17 heavy (non-hydrogen) atoms. The fourth-order valence-electron chi connectivity index (χ4n) is 1.69. The van der Waals surface area contributed by atoms with Gasteiger partial charge in [0.15, 0.2) is 0 Å². The second kappa shape index (κ2) is 4.69. The van der Waals surface area contributed by atoms with E-state index in [1.165, 1.54) is 11.3 Å². The lowest BCUT2D eigenvalue weighted by atomic mass is 10.0. The number of benzene rings is 1. The Balaban J connectivity index is 2.70. The fraction of sp³-hybridized carbons (Fsp3) is 0.0833. The highest BCUT2D eigenvalue weighted by Gasteiger charge is 2.21. The Labute approximate surface area is 112 Å². The maximum Gasteiger partial charge on any atom is 0.338 e. The van der Waals surface area contributed by atoms with Crippen LogP contribution >= 0.6 is 34.5 Å². The van der Waals surface area contributed by atoms with Crippen LogP contribution in [0.25, 0.3) is 11.1 Å². The highest BCUT2D eigenvalue weighted by molar-refractivity contribution is 7.17. The van der Waals surface area contributed by atoms with E-state index in [0.29, 0.717) is 14.9 Å². The van der Waals surface area contributed by atoms with Crippen LogP contribution in [0.4, 0.5) is 0 Å². The molecule has 2 aromatic rings. The average Bonchev–Trinajstić information content (AvgIpc) is 2.53. The molecule has 0 aliphatic carbocycles. The van der Waals surface area contributed by atoms with E-state index in [-0.39, 0.29) is 5.56 Å². The van der Waals surface area contributed by atoms with Gasteiger partial charge in [0.25, 0.3) is 0 Å². The van der Waals surface area contributed by atoms with Crippen LogP contribution in [-0.4, -0.2) is 11.1 Å². The van der Waals surface area contributed by atoms with Gasteiger partial charge in [-0.25, -0.2) is 4.79 Å². The summed E-state index contributed by atoms with van der Waals surface area (Å²) in [5.74, 6) is -1.02. The summed E-state index contributed by atoms with van der Waals surface area (Å²) in [4.78, 5) is 12.1. The van der Waals surface area contributed by atoms with E-state index in [2.05, 4.69) is 0 Å². The summed E-state index contributed by atoms with van der Waals surface area (Å²) in [5.41, 5.74) is 1.57. The normalized spacial score (nSPS) is 10.5. The van der Waals surface area contributed by atoms with Crippen molar-refractivity contribution < 1.29 is 9.90 Å². The Morgan fingerprint density at radius 3 is 2.65 bits per heavy atom. The number of hydrogen-bond acceptors (Lipinski definition) is 2. The van der Waals surface area contributed by atoms with E-state index in [4.69, 9.17) is 23.2 Å². The van der Waals surface area contributed by atoms with Crippen LogP contribution in [-0.2, 0) is 0 Å². The van der Waals surface area contributed by atoms with Gasteiger partial charge in [0, 0.05) is 15.5 Å². The molecular weight excluding hydrogens is 279 g/mol. The Bertz CT molecular complexity index is 590. The molecule has 0 atom stereocenters. The van der Waals surface area contributed by atoms with Crippen LogP contribution in [0.15, 0.2) is 24.3 Å². The first-order valence-corrected chi connectivity index (χ1v) is 6.36. The van der Waals surface area contributed by atoms with E-state index in [9.17, 15) is 9.90 Å². The molecule has 0 amide bonds. The molecule has 2 nitrogen and oxygen atoms in total. The highest BCUT2D eigenvalue weighted by Crippen LogP contribution is 2.39. The molecule has 5 heteroatoms. The lowest BCUT2D eigenvalue weighted by molar-refractivity contribution is 0.0698. The zero-order valence-electron chi connectivity index (χ0n) is 8.83. The Kier molecular flexibility index (Phi) is 3.43. The molecule has 0 saturated heterocycles. The SMILES string of the molecule is Cc1sc(Cl)c(C(=O)O)c1-c1cccc(Cl)c1. The van der Waals surface area contributed by atoms with Gasteiger partial charge in [0.2, 0.25) is 0 Å². The van der Waals surface area contributed by atoms with Crippen molar-refractivity contribution in [2.45, 2.75) is 6.92 Å². The van der Waals surface area contributed by atoms with E-state index >= 15 is 0 Å². The lowest BCUT2D eigenvalue weighted by Crippen LogP contribution is -1.97. The zero-order chi connectivity index (χ0) is 12.6. The van der Waals surface area contributed by atoms with Crippen LogP contribution in [0.1, 0.15) is 15.2 Å². The quantitative estimate of drug-likeness (QED) is 0.867. The van der Waals surface area contributed by atoms with E-state index in [1.54, 1.807) is 18.2 Å². The molecule has 0 unspecified atom stereocenters. The van der Waals surface area contributed by atoms with Crippen LogP contribution in [0.2, 0.25) is 9.36 Å². The van der Waals surface area contributed by atoms with Crippen LogP contribution in [0.3, 0.4) is 0 Å². The number of hydrogen-bond donors (Lipinski definition) is 1. The maximum absolute atomic E-state index is 11.2. The fourth-order valence-corrected chi connectivity index (χ4v) is 3.29. The average molecular weight is 287 g/mol. The van der Waals surface area contributed by atoms with Crippen molar-refractivity contribution in [3.8, 4) is 11.1 Å². The molecule has 2 rings (SSSR count). The van der Waals surface area contributed by atoms with E-state index in [1.807, 2.05) is 13.0 Å². The number of halogens is 2. The first-order valence-electron chi connectivity index (χ1n) is 4.79. The summed E-state index contributed by atoms with van der Waals surface area (Å²) in [7, 11) is 0. The maximum atomic E-state index is 11.2. The molecule has 0 aliphatic heterocycles. The topological polar surface area (TPSA) is 37.3 Å². The third-order valence-electron chi connectivity index (χ3n) is 2.37. The largest absolute Gasteiger partial charge is 0.478 e. The number of carboxylic acid groups (broad SMARTS) is 1. The number of carboxylic acids is 1. The molecule has 0 aliphatic rings. The standard InChI is InChI=1S/C12H8Cl2O2S/c1-6-9(7-3-2-4-8(13)5-7)10(12(15)16)11(14)17-6/h2-5H,1H3,(H,15,16). The Morgan fingerprint density at radius 2 is 2.06 bits per heavy atom. The monoisotopic (exact) mass is 286 g/mol. The van der Waals surface area contributed by atoms with Gasteiger partial charge in [-0.3, -0.25) is 0 Å². The first-order chi connectivity index (χ1) is 8.00. The summed E-state index contributed by atoms with van der Waals surface area (Å²) >= 11 is 13.1. The molecule has 0 bridgehead atoms. The second-order valence-corrected chi connectivity index (χ2v) is 5.76. The molecule has 0 fully saturated rings. The number of thiophene rings is 1. The van der Waals surface area contributed by atoms with Gasteiger partial charge in [-0.15, -0.1) is 11.3 Å². The summed E-state index contributed by atoms with van der Waals surface area (Å²) in [5, 5.41) is 9.75. The zero-order valence-corrected chi connectivity index (χ0v) is 11.2. The van der Waals surface area contributed by atoms with Crippen molar-refractivity contribution in [2.75, 3.05) is 0 Å². The van der Waals surface area contributed by atoms with Crippen molar-refractivity contribution in [1.29, 1.82) is 0 Å². The van der Waals surface area contributed by atoms with Crippen molar-refractivity contribution in [1.82, 2.24) is 0 Å². The summed E-state index contributed by atoms with van der Waals surface area (Å²) in [6, 6.07) is 7.09. The molecule has 1 heterocycles. The minimum Gasteiger partial charge on any atom is -0.478 e. The highest BCUT2D eigenvalue weighted by atomic mass is 35.5. The summed E-state index contributed by atoms with van der Waals surface area (Å²) < 4.78 is 0.296. The van der Waals surface area contributed by atoms with Crippen LogP contribution in [0, 0.1) is 6.92 Å². The van der Waals surface area contributed by atoms with Crippen molar-refractivity contribution >= 4 is 40.5 Å². The van der Waals surface area contributed by atoms with Crippen LogP contribution < -0.4 is 0 Å². The van der Waals surface area contributed by atoms with Gasteiger partial charge >= 0.3 is 5.97 Å². The summed E-state index contributed by atoms with van der Waals surface area (Å²) in [6.45, 7) is 1.85. The van der Waals surface area contributed by atoms with Gasteiger partial charge in [0.05, 0.1) is 5.56 Å². The van der Waals surface area contributed by atoms with Gasteiger partial charge in [-0.05, 0) is 24.6 Å². The van der Waals surface area contributed by atoms with Gasteiger partial charge in [-0.2, -0.15) is 0 Å². The molecule has 0 spiro atoms. The Morgan fingerprint density at radius 1 is 1.35 bits per heavy atom. The molecule has 0 radical (unpaired) electrons. The third-order valence-corrected chi connectivity index (χ3v) is 3.92. The molecule has 1 N–H and O–H groups in total. The number of aryl methyl sites for hydroxylation is 1. The number of carbonyl (C=O) groups is 1. The van der Waals surface area contributed by atoms with Crippen molar-refractivity contribution in [3.05, 3.63) is 44.1 Å². The molecule has 88 valence electrons. The number of aromatic carboxylic acids is 1. The predicted molar refractivity (Wildman–Crippen MR) is 71.5 cm³/mol. The van der Waals surface area contributed by atoms with Crippen molar-refractivity contribution in [2.24, 2.45) is 0 Å². The molecular formula is C12H8Cl2O2S. The van der Waals surface area contributed by atoms with Gasteiger partial charge in [-0.1, -0.05) is 35.3 Å². The Hall–Kier alpha value is -1.03. The number of rotatable bonds is 2. The van der Waals surface area contributed by atoms with E-state index < -0.39 is 5.97 Å². The predicted octanol–water partition coefficient (Wildman–Crippen LogP) is 4.73. The third kappa shape index (κ3) is 2.32. The van der Waals surface area contributed by atoms with E-state index in [0.717, 1.165) is 10.4 Å². The smallest absolute Gasteiger partial charge is 0.338 e. The van der Waals surface area contributed by atoms with Gasteiger partial charge in [0.1, 0.15) is 4.34 Å². The first kappa shape index (κ1) is 12.4. The summed E-state index contributed by atoms with van der Waals surface area (Å²) in [6.07, 6.45) is 0. The molecule has 1 aromatic carbocycles. The molecule has 0 saturated carbocycles. The van der Waals surface area contributed by atoms with Gasteiger partial charge < -0.3 is 5.11 Å².